The van der Waals surface area contributed by atoms with E-state index in [-0.39, 0.29) is 23.8 Å². The van der Waals surface area contributed by atoms with Crippen molar-refractivity contribution in [1.29, 1.82) is 0 Å². The van der Waals surface area contributed by atoms with Crippen LogP contribution < -0.4 is 11.1 Å². The summed E-state index contributed by atoms with van der Waals surface area (Å²) in [6, 6.07) is 27.3. The summed E-state index contributed by atoms with van der Waals surface area (Å²) in [5.74, 6) is 0.391. The van der Waals surface area contributed by atoms with Crippen molar-refractivity contribution in [2.45, 2.75) is 56.1 Å². The number of carbonyl (C=O) groups is 2. The van der Waals surface area contributed by atoms with Crippen LogP contribution in [0, 0.1) is 0 Å². The lowest BCUT2D eigenvalue weighted by Crippen LogP contribution is -2.55. The van der Waals surface area contributed by atoms with Crippen LogP contribution in [0.4, 0.5) is 0 Å². The van der Waals surface area contributed by atoms with E-state index in [0.717, 1.165) is 38.0 Å². The van der Waals surface area contributed by atoms with Crippen molar-refractivity contribution in [1.82, 2.24) is 15.1 Å². The fourth-order valence-corrected chi connectivity index (χ4v) is 6.31. The largest absolute Gasteiger partial charge is 0.343 e. The highest BCUT2D eigenvalue weighted by Gasteiger charge is 2.40. The van der Waals surface area contributed by atoms with E-state index < -0.39 is 12.1 Å². The van der Waals surface area contributed by atoms with E-state index in [1.807, 2.05) is 35.2 Å². The van der Waals surface area contributed by atoms with Crippen LogP contribution in [-0.2, 0) is 16.0 Å². The first-order valence-electron chi connectivity index (χ1n) is 14.3. The van der Waals surface area contributed by atoms with Crippen molar-refractivity contribution in [3.63, 3.8) is 0 Å². The Morgan fingerprint density at radius 3 is 2.17 bits per heavy atom. The van der Waals surface area contributed by atoms with E-state index in [2.05, 4.69) is 64.8 Å². The van der Waals surface area contributed by atoms with Crippen LogP contribution >= 0.6 is 11.6 Å². The Balaban J connectivity index is 1.36. The summed E-state index contributed by atoms with van der Waals surface area (Å²) < 4.78 is 0. The molecule has 5 atom stereocenters. The number of halogens is 1. The van der Waals surface area contributed by atoms with Gasteiger partial charge in [-0.2, -0.15) is 0 Å². The lowest BCUT2D eigenvalue weighted by molar-refractivity contribution is -0.137. The average Bonchev–Trinajstić information content (AvgIpc) is 3.62. The molecule has 0 spiro atoms. The van der Waals surface area contributed by atoms with Crippen LogP contribution in [0.25, 0.3) is 0 Å². The minimum absolute atomic E-state index is 0.0498. The highest BCUT2D eigenvalue weighted by atomic mass is 35.5. The van der Waals surface area contributed by atoms with Gasteiger partial charge in [0, 0.05) is 43.0 Å². The third-order valence-electron chi connectivity index (χ3n) is 8.36. The first-order chi connectivity index (χ1) is 19.4. The van der Waals surface area contributed by atoms with Crippen LogP contribution in [0.3, 0.4) is 0 Å². The van der Waals surface area contributed by atoms with Crippen LogP contribution in [0.15, 0.2) is 84.9 Å². The van der Waals surface area contributed by atoms with Gasteiger partial charge in [-0.15, -0.1) is 0 Å². The quantitative estimate of drug-likeness (QED) is 0.403. The van der Waals surface area contributed by atoms with E-state index in [9.17, 15) is 9.59 Å². The zero-order chi connectivity index (χ0) is 28.1. The SMILES string of the molecule is C[C@H](N)C(=O)N[C@@H](Cc1ccc(Cl)cc1)C(=O)N1C[C@@H](c2ccccc2)C[C@H]1CN1CC[C@@H](c2ccccc2)C1. The molecule has 2 aliphatic rings. The number of benzene rings is 3. The molecule has 2 fully saturated rings. The molecule has 3 aromatic carbocycles. The van der Waals surface area contributed by atoms with E-state index in [1.165, 1.54) is 11.1 Å². The number of hydrogen-bond acceptors (Lipinski definition) is 4. The molecule has 0 radical (unpaired) electrons. The van der Waals surface area contributed by atoms with Gasteiger partial charge in [0.15, 0.2) is 0 Å². The molecular weight excluding hydrogens is 520 g/mol. The standard InChI is InChI=1S/C33H39ClN4O2/c1-23(35)32(39)36-31(18-24-12-14-29(34)15-13-24)33(40)38-21-28(26-10-6-3-7-11-26)19-30(38)22-37-17-16-27(20-37)25-8-4-2-5-9-25/h2-15,23,27-28,30-31H,16-22,35H2,1H3,(H,36,39)/t23-,27+,28-,30-,31-/m0/s1. The van der Waals surface area contributed by atoms with Gasteiger partial charge in [0.2, 0.25) is 11.8 Å². The second kappa shape index (κ2) is 13.0. The zero-order valence-corrected chi connectivity index (χ0v) is 23.8. The van der Waals surface area contributed by atoms with Gasteiger partial charge < -0.3 is 20.9 Å². The molecule has 0 unspecified atom stereocenters. The lowest BCUT2D eigenvalue weighted by atomic mass is 9.96. The van der Waals surface area contributed by atoms with Gasteiger partial charge in [0.05, 0.1) is 6.04 Å². The molecule has 210 valence electrons. The molecule has 0 aliphatic carbocycles. The van der Waals surface area contributed by atoms with Gasteiger partial charge >= 0.3 is 0 Å². The maximum absolute atomic E-state index is 14.2. The number of rotatable bonds is 9. The predicted octanol–water partition coefficient (Wildman–Crippen LogP) is 4.59. The molecular formula is C33H39ClN4O2. The number of nitrogens with one attached hydrogen (secondary N) is 1. The summed E-state index contributed by atoms with van der Waals surface area (Å²) in [5.41, 5.74) is 9.46. The van der Waals surface area contributed by atoms with Gasteiger partial charge in [-0.1, -0.05) is 84.4 Å². The minimum atomic E-state index is -0.702. The summed E-state index contributed by atoms with van der Waals surface area (Å²) >= 11 is 6.10. The minimum Gasteiger partial charge on any atom is -0.343 e. The summed E-state index contributed by atoms with van der Waals surface area (Å²) in [4.78, 5) is 31.5. The summed E-state index contributed by atoms with van der Waals surface area (Å²) in [5, 5.41) is 3.59. The first kappa shape index (κ1) is 28.3. The van der Waals surface area contributed by atoms with Crippen molar-refractivity contribution in [2.75, 3.05) is 26.2 Å². The first-order valence-corrected chi connectivity index (χ1v) is 14.7. The highest BCUT2D eigenvalue weighted by molar-refractivity contribution is 6.30. The number of amides is 2. The molecule has 40 heavy (non-hydrogen) atoms. The van der Waals surface area contributed by atoms with Crippen LogP contribution in [-0.4, -0.2) is 65.9 Å². The van der Waals surface area contributed by atoms with Crippen molar-refractivity contribution >= 4 is 23.4 Å². The Kier molecular flexibility index (Phi) is 9.20. The molecule has 0 aromatic heterocycles. The lowest BCUT2D eigenvalue weighted by Gasteiger charge is -2.32. The van der Waals surface area contributed by atoms with E-state index in [4.69, 9.17) is 17.3 Å². The van der Waals surface area contributed by atoms with Crippen molar-refractivity contribution in [2.24, 2.45) is 5.73 Å². The second-order valence-electron chi connectivity index (χ2n) is 11.3. The van der Waals surface area contributed by atoms with Gasteiger partial charge in [0.1, 0.15) is 6.04 Å². The zero-order valence-electron chi connectivity index (χ0n) is 23.1. The topological polar surface area (TPSA) is 78.7 Å². The van der Waals surface area contributed by atoms with Crippen LogP contribution in [0.2, 0.25) is 5.02 Å². The molecule has 2 saturated heterocycles. The molecule has 0 bridgehead atoms. The molecule has 3 aromatic rings. The fraction of sp³-hybridized carbons (Fsp3) is 0.394. The second-order valence-corrected chi connectivity index (χ2v) is 11.8. The third-order valence-corrected chi connectivity index (χ3v) is 8.61. The van der Waals surface area contributed by atoms with E-state index >= 15 is 0 Å². The van der Waals surface area contributed by atoms with Gasteiger partial charge in [0.25, 0.3) is 0 Å². The van der Waals surface area contributed by atoms with Crippen molar-refractivity contribution in [3.8, 4) is 0 Å². The van der Waals surface area contributed by atoms with Gasteiger partial charge in [-0.25, -0.2) is 0 Å². The summed E-state index contributed by atoms with van der Waals surface area (Å²) in [7, 11) is 0. The molecule has 2 heterocycles. The van der Waals surface area contributed by atoms with Gasteiger partial charge in [-0.05, 0) is 61.1 Å². The average molecular weight is 559 g/mol. The normalized spacial score (nSPS) is 22.7. The molecule has 3 N–H and O–H groups in total. The highest BCUT2D eigenvalue weighted by Crippen LogP contribution is 2.35. The molecule has 2 amide bonds. The fourth-order valence-electron chi connectivity index (χ4n) is 6.18. The third kappa shape index (κ3) is 6.92. The predicted molar refractivity (Wildman–Crippen MR) is 160 cm³/mol. The molecule has 7 heteroatoms. The maximum Gasteiger partial charge on any atom is 0.245 e. The molecule has 6 nitrogen and oxygen atoms in total. The number of nitrogens with two attached hydrogens (primary N) is 1. The Labute approximate surface area is 242 Å². The number of likely N-dealkylation sites (tertiary alicyclic amines) is 2. The monoisotopic (exact) mass is 558 g/mol. The number of carbonyl (C=O) groups excluding carboxylic acids is 2. The maximum atomic E-state index is 14.2. The molecule has 5 rings (SSSR count). The van der Waals surface area contributed by atoms with Crippen molar-refractivity contribution < 1.29 is 9.59 Å². The van der Waals surface area contributed by atoms with Gasteiger partial charge in [-0.3, -0.25) is 9.59 Å². The Bertz CT molecular complexity index is 1270. The van der Waals surface area contributed by atoms with Crippen molar-refractivity contribution in [3.05, 3.63) is 107 Å². The van der Waals surface area contributed by atoms with Crippen LogP contribution in [0.1, 0.15) is 48.3 Å². The Morgan fingerprint density at radius 1 is 0.925 bits per heavy atom. The van der Waals surface area contributed by atoms with Crippen LogP contribution in [0.5, 0.6) is 0 Å². The smallest absolute Gasteiger partial charge is 0.245 e. The van der Waals surface area contributed by atoms with E-state index in [0.29, 0.717) is 23.9 Å². The molecule has 2 aliphatic heterocycles. The Morgan fingerprint density at radius 2 is 1.55 bits per heavy atom. The number of nitrogens with zero attached hydrogens (tertiary/aromatic N) is 2. The Hall–Kier alpha value is -3.19. The number of hydrogen-bond donors (Lipinski definition) is 2. The van der Waals surface area contributed by atoms with E-state index in [1.54, 1.807) is 6.92 Å². The summed E-state index contributed by atoms with van der Waals surface area (Å²) in [6.45, 7) is 5.11. The summed E-state index contributed by atoms with van der Waals surface area (Å²) in [6.07, 6.45) is 2.40. The molecule has 0 saturated carbocycles.